The van der Waals surface area contributed by atoms with Crippen LogP contribution in [0.2, 0.25) is 0 Å². The van der Waals surface area contributed by atoms with E-state index in [1.54, 1.807) is 17.3 Å². The Balaban J connectivity index is 1.81. The van der Waals surface area contributed by atoms with Gasteiger partial charge in [0, 0.05) is 39.1 Å². The maximum absolute atomic E-state index is 12.0. The molecule has 1 unspecified atom stereocenters. The van der Waals surface area contributed by atoms with Crippen LogP contribution in [-0.4, -0.2) is 55.2 Å². The van der Waals surface area contributed by atoms with Crippen LogP contribution in [0, 0.1) is 0 Å². The number of aromatic nitrogens is 1. The number of morpholine rings is 1. The molecule has 1 N–H and O–H groups in total. The fourth-order valence-electron chi connectivity index (χ4n) is 1.96. The van der Waals surface area contributed by atoms with Crippen molar-refractivity contribution in [2.24, 2.45) is 0 Å². The van der Waals surface area contributed by atoms with E-state index in [2.05, 4.69) is 10.3 Å². The molecule has 1 amide bonds. The molecule has 0 bridgehead atoms. The van der Waals surface area contributed by atoms with Crippen LogP contribution < -0.4 is 5.32 Å². The van der Waals surface area contributed by atoms with Crippen LogP contribution in [0.1, 0.15) is 5.56 Å². The Morgan fingerprint density at radius 2 is 2.56 bits per heavy atom. The van der Waals surface area contributed by atoms with Gasteiger partial charge in [0.2, 0.25) is 5.91 Å². The summed E-state index contributed by atoms with van der Waals surface area (Å²) in [5.41, 5.74) is 0.942. The average molecular weight is 249 g/mol. The first-order chi connectivity index (χ1) is 8.75. The fourth-order valence-corrected chi connectivity index (χ4v) is 1.96. The van der Waals surface area contributed by atoms with E-state index in [1.165, 1.54) is 0 Å². The Bertz CT molecular complexity index is 377. The van der Waals surface area contributed by atoms with Crippen molar-refractivity contribution in [2.45, 2.75) is 12.5 Å². The summed E-state index contributed by atoms with van der Waals surface area (Å²) in [6, 6.07) is 3.76. The van der Waals surface area contributed by atoms with Crippen LogP contribution in [-0.2, 0) is 16.0 Å². The summed E-state index contributed by atoms with van der Waals surface area (Å²) in [5.74, 6) is 0.0946. The molecule has 5 heteroatoms. The van der Waals surface area contributed by atoms with Crippen LogP contribution in [0.15, 0.2) is 24.5 Å². The molecule has 18 heavy (non-hydrogen) atoms. The van der Waals surface area contributed by atoms with Crippen molar-refractivity contribution in [3.63, 3.8) is 0 Å². The second-order valence-electron chi connectivity index (χ2n) is 4.51. The predicted octanol–water partition coefficient (Wildman–Crippen LogP) is 0.0709. The minimum absolute atomic E-state index is 0.0946. The van der Waals surface area contributed by atoms with E-state index in [0.717, 1.165) is 25.3 Å². The van der Waals surface area contributed by atoms with Crippen LogP contribution in [0.4, 0.5) is 0 Å². The number of nitrogens with zero attached hydrogens (tertiary/aromatic N) is 2. The molecule has 1 atom stereocenters. The molecule has 0 radical (unpaired) electrons. The standard InChI is InChI=1S/C13H19N3O2/c1-16(10-12-9-15-5-6-18-12)13(17)7-11-3-2-4-14-8-11/h2-4,8,12,15H,5-7,9-10H2,1H3. The zero-order valence-electron chi connectivity index (χ0n) is 10.6. The molecule has 0 saturated carbocycles. The van der Waals surface area contributed by atoms with Crippen LogP contribution in [0.3, 0.4) is 0 Å². The summed E-state index contributed by atoms with van der Waals surface area (Å²) in [6.07, 6.45) is 3.93. The minimum Gasteiger partial charge on any atom is -0.374 e. The largest absolute Gasteiger partial charge is 0.374 e. The van der Waals surface area contributed by atoms with Crippen LogP contribution in [0.25, 0.3) is 0 Å². The number of amides is 1. The second kappa shape index (κ2) is 6.47. The van der Waals surface area contributed by atoms with Gasteiger partial charge in [-0.15, -0.1) is 0 Å². The number of rotatable bonds is 4. The molecule has 5 nitrogen and oxygen atoms in total. The summed E-state index contributed by atoms with van der Waals surface area (Å²) in [7, 11) is 1.82. The predicted molar refractivity (Wildman–Crippen MR) is 68.2 cm³/mol. The van der Waals surface area contributed by atoms with Gasteiger partial charge in [0.25, 0.3) is 0 Å². The third-order valence-electron chi connectivity index (χ3n) is 2.99. The molecule has 1 fully saturated rings. The molecule has 1 saturated heterocycles. The Morgan fingerprint density at radius 1 is 1.67 bits per heavy atom. The molecule has 0 aliphatic carbocycles. The molecule has 1 aliphatic heterocycles. The second-order valence-corrected chi connectivity index (χ2v) is 4.51. The van der Waals surface area contributed by atoms with E-state index in [4.69, 9.17) is 4.74 Å². The molecule has 1 aromatic heterocycles. The zero-order chi connectivity index (χ0) is 12.8. The number of carbonyl (C=O) groups excluding carboxylic acids is 1. The average Bonchev–Trinajstić information content (AvgIpc) is 2.41. The van der Waals surface area contributed by atoms with Gasteiger partial charge >= 0.3 is 0 Å². The van der Waals surface area contributed by atoms with Crippen molar-refractivity contribution in [1.29, 1.82) is 0 Å². The van der Waals surface area contributed by atoms with Crippen molar-refractivity contribution in [2.75, 3.05) is 33.3 Å². The third-order valence-corrected chi connectivity index (χ3v) is 2.99. The Morgan fingerprint density at radius 3 is 3.22 bits per heavy atom. The zero-order valence-corrected chi connectivity index (χ0v) is 10.6. The topological polar surface area (TPSA) is 54.5 Å². The Labute approximate surface area is 107 Å². The summed E-state index contributed by atoms with van der Waals surface area (Å²) in [6.45, 7) is 3.05. The van der Waals surface area contributed by atoms with Gasteiger partial charge in [0.05, 0.1) is 19.1 Å². The lowest BCUT2D eigenvalue weighted by Gasteiger charge is -2.28. The number of hydrogen-bond acceptors (Lipinski definition) is 4. The lowest BCUT2D eigenvalue weighted by atomic mass is 10.2. The number of carbonyl (C=O) groups is 1. The highest BCUT2D eigenvalue weighted by Gasteiger charge is 2.18. The number of likely N-dealkylation sites (N-methyl/N-ethyl adjacent to an activating group) is 1. The molecule has 0 aromatic carbocycles. The first-order valence-electron chi connectivity index (χ1n) is 6.21. The highest BCUT2D eigenvalue weighted by Crippen LogP contribution is 2.03. The van der Waals surface area contributed by atoms with Gasteiger partial charge in [-0.2, -0.15) is 0 Å². The lowest BCUT2D eigenvalue weighted by Crippen LogP contribution is -2.46. The molecule has 1 aliphatic rings. The third kappa shape index (κ3) is 3.78. The monoisotopic (exact) mass is 249 g/mol. The lowest BCUT2D eigenvalue weighted by molar-refractivity contribution is -0.131. The quantitative estimate of drug-likeness (QED) is 0.820. The number of pyridine rings is 1. The molecule has 2 heterocycles. The van der Waals surface area contributed by atoms with Crippen molar-refractivity contribution in [1.82, 2.24) is 15.2 Å². The Hall–Kier alpha value is -1.46. The summed E-state index contributed by atoms with van der Waals surface area (Å²) >= 11 is 0. The normalized spacial score (nSPS) is 19.5. The van der Waals surface area contributed by atoms with E-state index in [1.807, 2.05) is 19.2 Å². The number of hydrogen-bond donors (Lipinski definition) is 1. The van der Waals surface area contributed by atoms with Crippen molar-refractivity contribution in [3.8, 4) is 0 Å². The van der Waals surface area contributed by atoms with E-state index < -0.39 is 0 Å². The number of nitrogens with one attached hydrogen (secondary N) is 1. The van der Waals surface area contributed by atoms with Gasteiger partial charge in [-0.3, -0.25) is 9.78 Å². The van der Waals surface area contributed by atoms with Gasteiger partial charge in [0.15, 0.2) is 0 Å². The molecule has 2 rings (SSSR count). The van der Waals surface area contributed by atoms with E-state index in [-0.39, 0.29) is 12.0 Å². The molecular weight excluding hydrogens is 230 g/mol. The molecule has 0 spiro atoms. The summed E-state index contributed by atoms with van der Waals surface area (Å²) in [5, 5.41) is 3.26. The SMILES string of the molecule is CN(CC1CNCCO1)C(=O)Cc1cccnc1. The molecular formula is C13H19N3O2. The van der Waals surface area contributed by atoms with E-state index in [0.29, 0.717) is 13.0 Å². The Kier molecular flexibility index (Phi) is 4.66. The smallest absolute Gasteiger partial charge is 0.226 e. The van der Waals surface area contributed by atoms with Gasteiger partial charge in [-0.25, -0.2) is 0 Å². The van der Waals surface area contributed by atoms with Gasteiger partial charge in [-0.1, -0.05) is 6.07 Å². The van der Waals surface area contributed by atoms with Gasteiger partial charge in [-0.05, 0) is 11.6 Å². The fraction of sp³-hybridized carbons (Fsp3) is 0.538. The highest BCUT2D eigenvalue weighted by molar-refractivity contribution is 5.78. The summed E-state index contributed by atoms with van der Waals surface area (Å²) in [4.78, 5) is 17.7. The molecule has 1 aromatic rings. The van der Waals surface area contributed by atoms with Crippen LogP contribution in [0.5, 0.6) is 0 Å². The first kappa shape index (κ1) is 13.0. The van der Waals surface area contributed by atoms with E-state index in [9.17, 15) is 4.79 Å². The summed E-state index contributed by atoms with van der Waals surface area (Å²) < 4.78 is 5.58. The van der Waals surface area contributed by atoms with Gasteiger partial charge in [0.1, 0.15) is 0 Å². The first-order valence-corrected chi connectivity index (χ1v) is 6.21. The van der Waals surface area contributed by atoms with Crippen molar-refractivity contribution >= 4 is 5.91 Å². The van der Waals surface area contributed by atoms with Gasteiger partial charge < -0.3 is 15.0 Å². The number of ether oxygens (including phenoxy) is 1. The van der Waals surface area contributed by atoms with Crippen LogP contribution >= 0.6 is 0 Å². The van der Waals surface area contributed by atoms with Crippen molar-refractivity contribution < 1.29 is 9.53 Å². The van der Waals surface area contributed by atoms with E-state index >= 15 is 0 Å². The molecule has 98 valence electrons. The minimum atomic E-state index is 0.0946. The maximum atomic E-state index is 12.0. The maximum Gasteiger partial charge on any atom is 0.226 e. The highest BCUT2D eigenvalue weighted by atomic mass is 16.5. The van der Waals surface area contributed by atoms with Crippen molar-refractivity contribution in [3.05, 3.63) is 30.1 Å².